The number of aromatic nitrogens is 1. The van der Waals surface area contributed by atoms with Crippen molar-refractivity contribution in [3.8, 4) is 11.8 Å². The molecule has 2 aliphatic rings. The summed E-state index contributed by atoms with van der Waals surface area (Å²) in [6.45, 7) is 0. The fourth-order valence-electron chi connectivity index (χ4n) is 5.44. The van der Waals surface area contributed by atoms with Crippen LogP contribution >= 0.6 is 11.6 Å². The molecule has 0 amide bonds. The Kier molecular flexibility index (Phi) is 5.43. The van der Waals surface area contributed by atoms with E-state index >= 15 is 0 Å². The number of aliphatic hydroxyl groups excluding tert-OH is 1. The van der Waals surface area contributed by atoms with Crippen molar-refractivity contribution in [3.05, 3.63) is 94.3 Å². The van der Waals surface area contributed by atoms with Crippen molar-refractivity contribution >= 4 is 21.6 Å². The number of ether oxygens (including phenoxy) is 1. The summed E-state index contributed by atoms with van der Waals surface area (Å²) in [6.07, 6.45) is -0.500. The predicted molar refractivity (Wildman–Crippen MR) is 128 cm³/mol. The van der Waals surface area contributed by atoms with E-state index in [2.05, 4.69) is 11.1 Å². The first-order valence-electron chi connectivity index (χ1n) is 10.8. The van der Waals surface area contributed by atoms with E-state index in [1.165, 1.54) is 26.4 Å². The maximum atomic E-state index is 13.7. The van der Waals surface area contributed by atoms with Gasteiger partial charge in [0.15, 0.2) is 11.2 Å². The molecule has 0 bridgehead atoms. The molecule has 2 aromatic carbocycles. The van der Waals surface area contributed by atoms with Crippen LogP contribution in [0.25, 0.3) is 0 Å². The van der Waals surface area contributed by atoms with E-state index in [0.29, 0.717) is 16.7 Å². The average Bonchev–Trinajstić information content (AvgIpc) is 3.22. The number of hydrogen-bond donors (Lipinski definition) is 2. The van der Waals surface area contributed by atoms with Crippen LogP contribution < -0.4 is 4.74 Å². The Morgan fingerprint density at radius 3 is 2.40 bits per heavy atom. The minimum absolute atomic E-state index is 0.00357. The maximum absolute atomic E-state index is 13.7. The van der Waals surface area contributed by atoms with Gasteiger partial charge < -0.3 is 14.9 Å². The number of hydrogen-bond acceptors (Lipinski definition) is 7. The lowest BCUT2D eigenvalue weighted by molar-refractivity contribution is -0.150. The minimum atomic E-state index is -4.14. The SMILES string of the molecule is CN(C)S(=O)(=O)C1C(O)C2(O)c3ncc(Cl)cc3OC2(c2ccc(C#N)cc2)C1c1ccccc1. The number of aliphatic hydroxyl groups is 2. The van der Waals surface area contributed by atoms with Gasteiger partial charge in [0, 0.05) is 26.4 Å². The van der Waals surface area contributed by atoms with Crippen molar-refractivity contribution in [2.75, 3.05) is 14.1 Å². The number of nitriles is 1. The summed E-state index contributed by atoms with van der Waals surface area (Å²) >= 11 is 6.16. The first-order chi connectivity index (χ1) is 16.6. The van der Waals surface area contributed by atoms with Gasteiger partial charge in [0.2, 0.25) is 10.0 Å². The predicted octanol–water partition coefficient (Wildman–Crippen LogP) is 2.50. The van der Waals surface area contributed by atoms with E-state index in [1.54, 1.807) is 54.6 Å². The van der Waals surface area contributed by atoms with Gasteiger partial charge in [-0.15, -0.1) is 0 Å². The van der Waals surface area contributed by atoms with E-state index in [0.717, 1.165) is 4.31 Å². The third-order valence-corrected chi connectivity index (χ3v) is 9.42. The van der Waals surface area contributed by atoms with Crippen molar-refractivity contribution in [2.24, 2.45) is 0 Å². The summed E-state index contributed by atoms with van der Waals surface area (Å²) < 4.78 is 34.8. The van der Waals surface area contributed by atoms with E-state index < -0.39 is 38.5 Å². The molecule has 2 N–H and O–H groups in total. The number of nitrogens with zero attached hydrogens (tertiary/aromatic N) is 3. The van der Waals surface area contributed by atoms with Gasteiger partial charge >= 0.3 is 0 Å². The molecule has 5 unspecified atom stereocenters. The van der Waals surface area contributed by atoms with Gasteiger partial charge in [-0.2, -0.15) is 5.26 Å². The van der Waals surface area contributed by atoms with Crippen LogP contribution in [0.1, 0.15) is 28.3 Å². The molecule has 0 radical (unpaired) electrons. The van der Waals surface area contributed by atoms with Crippen LogP contribution in [0.4, 0.5) is 0 Å². The fourth-order valence-corrected chi connectivity index (χ4v) is 7.29. The molecule has 5 atom stereocenters. The van der Waals surface area contributed by atoms with Gasteiger partial charge in [0.1, 0.15) is 22.8 Å². The van der Waals surface area contributed by atoms with Crippen molar-refractivity contribution in [2.45, 2.75) is 28.5 Å². The van der Waals surface area contributed by atoms with Crippen LogP contribution in [0.5, 0.6) is 5.75 Å². The standard InChI is InChI=1S/C25H22ClN3O5S/c1-29(2)35(32,33)21-20(16-6-4-3-5-7-16)25(17-10-8-15(13-27)9-11-17)24(31,23(21)30)22-19(34-25)12-18(26)14-28-22/h3-12,14,20-21,23,30-31H,1-2H3. The Labute approximate surface area is 208 Å². The van der Waals surface area contributed by atoms with Crippen LogP contribution in [0.3, 0.4) is 0 Å². The van der Waals surface area contributed by atoms with Crippen LogP contribution in [-0.2, 0) is 21.2 Å². The number of sulfonamides is 1. The van der Waals surface area contributed by atoms with Crippen LogP contribution in [0, 0.1) is 11.3 Å². The number of halogens is 1. The monoisotopic (exact) mass is 511 g/mol. The lowest BCUT2D eigenvalue weighted by atomic mass is 9.72. The second-order valence-electron chi connectivity index (χ2n) is 8.92. The van der Waals surface area contributed by atoms with Gasteiger partial charge in [-0.25, -0.2) is 12.7 Å². The molecule has 2 heterocycles. The average molecular weight is 512 g/mol. The largest absolute Gasteiger partial charge is 0.476 e. The van der Waals surface area contributed by atoms with E-state index in [9.17, 15) is 23.9 Å². The molecule has 1 aromatic heterocycles. The second-order valence-corrected chi connectivity index (χ2v) is 11.7. The Bertz CT molecular complexity index is 1440. The van der Waals surface area contributed by atoms with E-state index in [1.807, 2.05) is 0 Å². The van der Waals surface area contributed by atoms with Crippen molar-refractivity contribution in [3.63, 3.8) is 0 Å². The molecule has 1 saturated carbocycles. The van der Waals surface area contributed by atoms with Crippen molar-refractivity contribution in [1.29, 1.82) is 5.26 Å². The number of benzene rings is 2. The third-order valence-electron chi connectivity index (χ3n) is 6.98. The molecular weight excluding hydrogens is 490 g/mol. The smallest absolute Gasteiger partial charge is 0.219 e. The Hall–Kier alpha value is -3.00. The van der Waals surface area contributed by atoms with Crippen molar-refractivity contribution < 1.29 is 23.4 Å². The molecular formula is C25H22ClN3O5S. The highest BCUT2D eigenvalue weighted by atomic mass is 35.5. The van der Waals surface area contributed by atoms with Gasteiger partial charge in [-0.1, -0.05) is 54.1 Å². The highest BCUT2D eigenvalue weighted by Gasteiger charge is 2.79. The topological polar surface area (TPSA) is 124 Å². The highest BCUT2D eigenvalue weighted by molar-refractivity contribution is 7.89. The maximum Gasteiger partial charge on any atom is 0.219 e. The van der Waals surface area contributed by atoms with Gasteiger partial charge in [-0.3, -0.25) is 4.98 Å². The quantitative estimate of drug-likeness (QED) is 0.551. The van der Waals surface area contributed by atoms with Crippen molar-refractivity contribution in [1.82, 2.24) is 9.29 Å². The molecule has 35 heavy (non-hydrogen) atoms. The number of rotatable bonds is 4. The molecule has 5 rings (SSSR count). The third kappa shape index (κ3) is 3.08. The molecule has 1 aliphatic heterocycles. The Morgan fingerprint density at radius 1 is 1.14 bits per heavy atom. The second kappa shape index (κ2) is 8.01. The zero-order chi connectivity index (χ0) is 25.2. The lowest BCUT2D eigenvalue weighted by Crippen LogP contribution is -2.52. The zero-order valence-electron chi connectivity index (χ0n) is 18.8. The Morgan fingerprint density at radius 2 is 1.80 bits per heavy atom. The van der Waals surface area contributed by atoms with E-state index in [-0.39, 0.29) is 16.5 Å². The fraction of sp³-hybridized carbons (Fsp3) is 0.280. The van der Waals surface area contributed by atoms with Gasteiger partial charge in [-0.05, 0) is 23.3 Å². The number of fused-ring (bicyclic) bond motifs is 3. The summed E-state index contributed by atoms with van der Waals surface area (Å²) in [5.74, 6) is -0.915. The molecule has 1 aliphatic carbocycles. The van der Waals surface area contributed by atoms with Crippen LogP contribution in [-0.4, -0.2) is 53.4 Å². The lowest BCUT2D eigenvalue weighted by Gasteiger charge is -2.40. The van der Waals surface area contributed by atoms with Gasteiger partial charge in [0.05, 0.1) is 22.6 Å². The first-order valence-corrected chi connectivity index (χ1v) is 12.7. The van der Waals surface area contributed by atoms with E-state index in [4.69, 9.17) is 16.3 Å². The van der Waals surface area contributed by atoms with Crippen LogP contribution in [0.2, 0.25) is 5.02 Å². The number of pyridine rings is 1. The summed E-state index contributed by atoms with van der Waals surface area (Å²) in [7, 11) is -1.38. The molecule has 180 valence electrons. The molecule has 3 aromatic rings. The molecule has 1 fully saturated rings. The first kappa shape index (κ1) is 23.7. The minimum Gasteiger partial charge on any atom is -0.476 e. The Balaban J connectivity index is 1.90. The van der Waals surface area contributed by atoms with Gasteiger partial charge in [0.25, 0.3) is 0 Å². The van der Waals surface area contributed by atoms with Crippen LogP contribution in [0.15, 0.2) is 66.9 Å². The zero-order valence-corrected chi connectivity index (χ0v) is 20.4. The molecule has 0 saturated heterocycles. The normalized spacial score (nSPS) is 29.3. The summed E-state index contributed by atoms with van der Waals surface area (Å²) in [4.78, 5) is 4.29. The summed E-state index contributed by atoms with van der Waals surface area (Å²) in [5, 5.41) is 32.2. The summed E-state index contributed by atoms with van der Waals surface area (Å²) in [5.41, 5.74) is -2.75. The molecule has 10 heteroatoms. The molecule has 0 spiro atoms. The summed E-state index contributed by atoms with van der Waals surface area (Å²) in [6, 6.07) is 18.6. The highest BCUT2D eigenvalue weighted by Crippen LogP contribution is 2.67. The molecule has 8 nitrogen and oxygen atoms in total.